The van der Waals surface area contributed by atoms with Crippen LogP contribution in [-0.2, 0) is 0 Å². The molecule has 0 aromatic rings. The van der Waals surface area contributed by atoms with E-state index in [1.54, 1.807) is 5.34 Å². The van der Waals surface area contributed by atoms with Gasteiger partial charge < -0.3 is 0 Å². The molecule has 10 heavy (non-hydrogen) atoms. The van der Waals surface area contributed by atoms with Gasteiger partial charge in [0.2, 0.25) is 0 Å². The number of hydrogen-bond acceptors (Lipinski definition) is 1. The number of quaternary nitrogens is 1. The number of rotatable bonds is 3. The fraction of sp³-hybridized carbons (Fsp3) is 1.00. The third-order valence-corrected chi connectivity index (χ3v) is 11.5. The van der Waals surface area contributed by atoms with Crippen molar-refractivity contribution in [2.45, 2.75) is 6.04 Å². The van der Waals surface area contributed by atoms with E-state index in [2.05, 4.69) is 12.4 Å². The van der Waals surface area contributed by atoms with E-state index in [9.17, 15) is 0 Å². The zero-order chi connectivity index (χ0) is 7.03. The van der Waals surface area contributed by atoms with Crippen LogP contribution in [0.3, 0.4) is 0 Å². The number of nitrogens with one attached hydrogen (secondary N) is 1. The van der Waals surface area contributed by atoms with E-state index in [0.717, 1.165) is 6.04 Å². The second-order valence-corrected chi connectivity index (χ2v) is 12.3. The van der Waals surface area contributed by atoms with Crippen LogP contribution in [0.5, 0.6) is 0 Å². The predicted molar refractivity (Wildman–Crippen MR) is 32.6 cm³/mol. The second kappa shape index (κ2) is 3.02. The molecule has 2 aliphatic rings. The molecule has 0 aromatic heterocycles. The fourth-order valence-electron chi connectivity index (χ4n) is 0.829. The van der Waals surface area contributed by atoms with E-state index in [0.29, 0.717) is 43.0 Å². The molecule has 2 atom stereocenters. The monoisotopic (exact) mass is 367 g/mol. The summed E-state index contributed by atoms with van der Waals surface area (Å²) in [6.45, 7) is 2.84. The van der Waals surface area contributed by atoms with Gasteiger partial charge in [-0.25, -0.2) is 0 Å². The Balaban J connectivity index is 1.67. The summed E-state index contributed by atoms with van der Waals surface area (Å²) in [5.74, 6) is 0. The Morgan fingerprint density at radius 3 is 2.90 bits per heavy atom. The topological polar surface area (TPSA) is 21.9 Å². The van der Waals surface area contributed by atoms with Crippen molar-refractivity contribution in [1.29, 1.82) is 0 Å². The van der Waals surface area contributed by atoms with Gasteiger partial charge in [0.05, 0.1) is 0 Å². The average molecular weight is 367 g/mol. The molecule has 0 amide bonds. The molecule has 2 rings (SSSR count). The van der Waals surface area contributed by atoms with Crippen LogP contribution in [0, 0.1) is 0 Å². The number of hydrogen-bond donors (Lipinski definition) is 1. The first-order valence-electron chi connectivity index (χ1n) is 3.59. The zero-order valence-corrected chi connectivity index (χ0v) is 10.4. The number of halogens is 2. The van der Waals surface area contributed by atoms with Gasteiger partial charge in [-0.15, -0.1) is 0 Å². The molecule has 0 aliphatic carbocycles. The molecule has 1 N–H and O–H groups in total. The quantitative estimate of drug-likeness (QED) is 0.228. The van der Waals surface area contributed by atoms with Crippen molar-refractivity contribution in [3.63, 3.8) is 0 Å². The molecule has 2 nitrogen and oxygen atoms in total. The van der Waals surface area contributed by atoms with E-state index in [-0.39, 0.29) is 0 Å². The van der Waals surface area contributed by atoms with Gasteiger partial charge in [0.1, 0.15) is 0 Å². The third-order valence-electron chi connectivity index (χ3n) is 1.81. The molecule has 62 valence electrons. The van der Waals surface area contributed by atoms with Gasteiger partial charge in [-0.1, -0.05) is 0 Å². The first-order chi connectivity index (χ1) is 4.79. The average Bonchev–Trinajstić information content (AvgIpc) is 2.61. The van der Waals surface area contributed by atoms with E-state index in [1.165, 1.54) is 17.5 Å². The van der Waals surface area contributed by atoms with Crippen molar-refractivity contribution < 1.29 is 43.9 Å². The van der Waals surface area contributed by atoms with Gasteiger partial charge in [-0.2, -0.15) is 0 Å². The Bertz CT molecular complexity index is 132. The van der Waals surface area contributed by atoms with Gasteiger partial charge in [-0.05, 0) is 0 Å². The van der Waals surface area contributed by atoms with Crippen molar-refractivity contribution in [3.8, 4) is 0 Å². The molecule has 0 saturated carbocycles. The van der Waals surface area contributed by atoms with E-state index in [1.807, 2.05) is 0 Å². The summed E-state index contributed by atoms with van der Waals surface area (Å²) in [5.41, 5.74) is 0. The first kappa shape index (κ1) is 8.00. The van der Waals surface area contributed by atoms with Gasteiger partial charge >= 0.3 is 84.2 Å². The van der Waals surface area contributed by atoms with Crippen molar-refractivity contribution >= 4 is 0 Å². The maximum absolute atomic E-state index is 3.38. The van der Waals surface area contributed by atoms with E-state index < -0.39 is 0 Å². The van der Waals surface area contributed by atoms with Crippen molar-refractivity contribution in [2.24, 2.45) is 0 Å². The molecule has 0 spiro atoms. The summed E-state index contributed by atoms with van der Waals surface area (Å²) in [6.07, 6.45) is 0. The molecule has 2 saturated heterocycles. The van der Waals surface area contributed by atoms with Crippen LogP contribution in [0.25, 0.3) is 0 Å². The molecule has 0 aromatic carbocycles. The summed E-state index contributed by atoms with van der Waals surface area (Å²) < 4.78 is 4.69. The molecular weight excluding hydrogens is 354 g/mol. The molecule has 2 heterocycles. The van der Waals surface area contributed by atoms with E-state index >= 15 is 0 Å². The Kier molecular flexibility index (Phi) is 2.42. The summed E-state index contributed by atoms with van der Waals surface area (Å²) in [5, 5.41) is 3.38. The molecule has 2 aliphatic heterocycles. The standard InChI is InChI=1S/C6H13I2N2/c1-10(3-2-7-10)8-4-6-5-9-6/h6,9H,2-5H2,1H3/q-1. The van der Waals surface area contributed by atoms with Crippen LogP contribution < -0.4 is 48.3 Å². The van der Waals surface area contributed by atoms with Crippen LogP contribution in [0.4, 0.5) is 0 Å². The molecule has 0 radical (unpaired) electrons. The predicted octanol–water partition coefficient (Wildman–Crippen LogP) is -6.57. The number of nitrogens with zero attached hydrogens (tertiary/aromatic N) is 1. The van der Waals surface area contributed by atoms with Crippen molar-refractivity contribution in [3.05, 3.63) is 0 Å². The number of alkyl halides is 2. The van der Waals surface area contributed by atoms with E-state index in [4.69, 9.17) is 0 Å². The normalized spacial score (nSPS) is 45.9. The fourth-order valence-corrected chi connectivity index (χ4v) is 9.75. The Hall–Kier alpha value is 1.38. The third kappa shape index (κ3) is 1.95. The summed E-state index contributed by atoms with van der Waals surface area (Å²) >= 11 is 1.11. The van der Waals surface area contributed by atoms with Gasteiger partial charge in [0.25, 0.3) is 0 Å². The Morgan fingerprint density at radius 2 is 2.50 bits per heavy atom. The van der Waals surface area contributed by atoms with Crippen LogP contribution >= 0.6 is 0 Å². The Labute approximate surface area is 83.6 Å². The maximum atomic E-state index is 3.38. The van der Waals surface area contributed by atoms with Crippen LogP contribution in [0.2, 0.25) is 0 Å². The van der Waals surface area contributed by atoms with Crippen LogP contribution in [-0.4, -0.2) is 35.9 Å². The second-order valence-electron chi connectivity index (χ2n) is 2.87. The van der Waals surface area contributed by atoms with Gasteiger partial charge in [0, 0.05) is 0 Å². The summed E-state index contributed by atoms with van der Waals surface area (Å²) in [4.78, 5) is 0. The Morgan fingerprint density at radius 1 is 1.80 bits per heavy atom. The van der Waals surface area contributed by atoms with Crippen molar-refractivity contribution in [1.82, 2.24) is 5.32 Å². The van der Waals surface area contributed by atoms with Gasteiger partial charge in [-0.3, -0.25) is 0 Å². The molecule has 2 fully saturated rings. The molecule has 4 heteroatoms. The minimum atomic E-state index is 0.511. The van der Waals surface area contributed by atoms with Crippen LogP contribution in [0.1, 0.15) is 0 Å². The zero-order valence-electron chi connectivity index (χ0n) is 6.11. The SMILES string of the molecule is C[N+]1([I-]CC2CN2)CC[I-]1. The van der Waals surface area contributed by atoms with Gasteiger partial charge in [0.15, 0.2) is 0 Å². The van der Waals surface area contributed by atoms with Crippen LogP contribution in [0.15, 0.2) is 0 Å². The van der Waals surface area contributed by atoms with Crippen molar-refractivity contribution in [2.75, 3.05) is 29.0 Å². The first-order valence-corrected chi connectivity index (χ1v) is 8.58. The molecular formula is C6H13I2N2-. The summed E-state index contributed by atoms with van der Waals surface area (Å²) in [6, 6.07) is 0.951. The minimum absolute atomic E-state index is 0.511. The molecule has 0 bridgehead atoms. The molecule has 2 unspecified atom stereocenters. The summed E-state index contributed by atoms with van der Waals surface area (Å²) in [7, 11) is 2.48.